The normalized spacial score (nSPS) is 11.1. The summed E-state index contributed by atoms with van der Waals surface area (Å²) in [7, 11) is -3.27. The summed E-state index contributed by atoms with van der Waals surface area (Å²) in [5.41, 5.74) is 2.61. The Bertz CT molecular complexity index is 468. The third kappa shape index (κ3) is 3.06. The van der Waals surface area contributed by atoms with Crippen LogP contribution in [0.4, 0.5) is 5.69 Å². The number of anilines is 1. The summed E-state index contributed by atoms with van der Waals surface area (Å²) < 4.78 is 24.4. The maximum atomic E-state index is 11.0. The first-order valence-electron chi connectivity index (χ1n) is 4.37. The Balaban J connectivity index is 3.20. The molecule has 0 aliphatic heterocycles. The topological polar surface area (TPSA) is 63.2 Å². The number of nitrogens with one attached hydrogen (secondary N) is 1. The van der Waals surface area contributed by atoms with Gasteiger partial charge in [-0.1, -0.05) is 0 Å². The molecule has 0 aliphatic carbocycles. The highest BCUT2D eigenvalue weighted by atomic mass is 32.2. The van der Waals surface area contributed by atoms with Gasteiger partial charge in [-0.15, -0.1) is 0 Å². The van der Waals surface area contributed by atoms with E-state index in [2.05, 4.69) is 4.72 Å². The molecule has 1 aromatic rings. The van der Waals surface area contributed by atoms with E-state index >= 15 is 0 Å². The van der Waals surface area contributed by atoms with Crippen molar-refractivity contribution in [3.8, 4) is 0 Å². The van der Waals surface area contributed by atoms with Crippen LogP contribution in [0, 0.1) is 13.8 Å². The number of aryl methyl sites for hydroxylation is 2. The van der Waals surface area contributed by atoms with Gasteiger partial charge in [-0.05, 0) is 37.1 Å². The second-order valence-electron chi connectivity index (χ2n) is 3.52. The monoisotopic (exact) mass is 227 g/mol. The maximum Gasteiger partial charge on any atom is 0.229 e. The van der Waals surface area contributed by atoms with Crippen LogP contribution >= 0.6 is 0 Å². The Hall–Kier alpha value is -1.36. The van der Waals surface area contributed by atoms with Gasteiger partial charge in [-0.25, -0.2) is 8.42 Å². The largest absolute Gasteiger partial charge is 0.298 e. The first-order valence-corrected chi connectivity index (χ1v) is 6.27. The maximum absolute atomic E-state index is 11.0. The lowest BCUT2D eigenvalue weighted by Gasteiger charge is -2.09. The minimum atomic E-state index is -3.27. The van der Waals surface area contributed by atoms with Crippen LogP contribution in [-0.2, 0) is 10.0 Å². The zero-order chi connectivity index (χ0) is 11.6. The van der Waals surface area contributed by atoms with Crippen molar-refractivity contribution in [2.45, 2.75) is 13.8 Å². The second-order valence-corrected chi connectivity index (χ2v) is 5.26. The van der Waals surface area contributed by atoms with Gasteiger partial charge in [0.2, 0.25) is 10.0 Å². The highest BCUT2D eigenvalue weighted by molar-refractivity contribution is 7.92. The first kappa shape index (κ1) is 11.7. The molecule has 1 rings (SSSR count). The van der Waals surface area contributed by atoms with Crippen LogP contribution in [0.15, 0.2) is 12.1 Å². The molecule has 0 spiro atoms. The van der Waals surface area contributed by atoms with E-state index in [9.17, 15) is 13.2 Å². The smallest absolute Gasteiger partial charge is 0.229 e. The van der Waals surface area contributed by atoms with Gasteiger partial charge in [0, 0.05) is 11.3 Å². The predicted molar refractivity (Wildman–Crippen MR) is 59.8 cm³/mol. The van der Waals surface area contributed by atoms with Crippen molar-refractivity contribution in [3.63, 3.8) is 0 Å². The fourth-order valence-corrected chi connectivity index (χ4v) is 1.98. The molecule has 0 fully saturated rings. The highest BCUT2D eigenvalue weighted by Gasteiger charge is 2.07. The van der Waals surface area contributed by atoms with E-state index in [1.54, 1.807) is 26.0 Å². The van der Waals surface area contributed by atoms with Crippen LogP contribution in [-0.4, -0.2) is 21.0 Å². The second kappa shape index (κ2) is 4.02. The number of hydrogen-bond acceptors (Lipinski definition) is 3. The molecule has 0 saturated carbocycles. The van der Waals surface area contributed by atoms with Crippen molar-refractivity contribution in [2.24, 2.45) is 0 Å². The van der Waals surface area contributed by atoms with E-state index in [1.165, 1.54) is 0 Å². The first-order chi connectivity index (χ1) is 6.83. The Kier molecular flexibility index (Phi) is 3.14. The zero-order valence-electron chi connectivity index (χ0n) is 8.87. The lowest BCUT2D eigenvalue weighted by atomic mass is 10.0. The van der Waals surface area contributed by atoms with Gasteiger partial charge in [0.15, 0.2) is 6.29 Å². The van der Waals surface area contributed by atoms with Crippen LogP contribution in [0.3, 0.4) is 0 Å². The fourth-order valence-electron chi connectivity index (χ4n) is 1.43. The number of carbonyl (C=O) groups excluding carboxylic acids is 1. The van der Waals surface area contributed by atoms with Gasteiger partial charge in [-0.2, -0.15) is 0 Å². The number of aldehydes is 1. The third-order valence-electron chi connectivity index (χ3n) is 2.01. The molecular formula is C10H13NO3S. The minimum absolute atomic E-state index is 0.484. The molecule has 0 radical (unpaired) electrons. The zero-order valence-corrected chi connectivity index (χ0v) is 9.68. The molecule has 0 saturated heterocycles. The summed E-state index contributed by atoms with van der Waals surface area (Å²) in [6.07, 6.45) is 1.86. The minimum Gasteiger partial charge on any atom is -0.298 e. The highest BCUT2D eigenvalue weighted by Crippen LogP contribution is 2.19. The molecule has 0 amide bonds. The molecule has 0 aliphatic rings. The number of sulfonamides is 1. The molecule has 15 heavy (non-hydrogen) atoms. The molecule has 0 unspecified atom stereocenters. The summed E-state index contributed by atoms with van der Waals surface area (Å²) in [5, 5.41) is 0. The lowest BCUT2D eigenvalue weighted by molar-refractivity contribution is 0.112. The fraction of sp³-hybridized carbons (Fsp3) is 0.300. The van der Waals surface area contributed by atoms with Crippen LogP contribution in [0.5, 0.6) is 0 Å². The number of carbonyl (C=O) groups is 1. The summed E-state index contributed by atoms with van der Waals surface area (Å²) >= 11 is 0. The van der Waals surface area contributed by atoms with Crippen molar-refractivity contribution in [3.05, 3.63) is 28.8 Å². The van der Waals surface area contributed by atoms with Gasteiger partial charge in [-0.3, -0.25) is 9.52 Å². The van der Waals surface area contributed by atoms with E-state index < -0.39 is 10.0 Å². The molecule has 1 aromatic carbocycles. The van der Waals surface area contributed by atoms with Crippen molar-refractivity contribution >= 4 is 22.0 Å². The summed E-state index contributed by atoms with van der Waals surface area (Å²) in [5.74, 6) is 0. The number of benzene rings is 1. The molecule has 0 heterocycles. The molecule has 82 valence electrons. The van der Waals surface area contributed by atoms with Crippen LogP contribution in [0.2, 0.25) is 0 Å². The van der Waals surface area contributed by atoms with Crippen molar-refractivity contribution in [1.82, 2.24) is 0 Å². The van der Waals surface area contributed by atoms with Crippen molar-refractivity contribution in [1.29, 1.82) is 0 Å². The van der Waals surface area contributed by atoms with Gasteiger partial charge in [0.25, 0.3) is 0 Å². The molecule has 1 N–H and O–H groups in total. The standard InChI is InChI=1S/C10H13NO3S/c1-7-4-9(11-15(3,13)14)5-8(2)10(7)6-12/h4-6,11H,1-3H3. The van der Waals surface area contributed by atoms with Crippen molar-refractivity contribution < 1.29 is 13.2 Å². The average Bonchev–Trinajstić information content (AvgIpc) is 1.99. The number of rotatable bonds is 3. The predicted octanol–water partition coefficient (Wildman–Crippen LogP) is 1.49. The Morgan fingerprint density at radius 1 is 1.20 bits per heavy atom. The average molecular weight is 227 g/mol. The van der Waals surface area contributed by atoms with E-state index in [0.717, 1.165) is 23.7 Å². The molecule has 4 nitrogen and oxygen atoms in total. The quantitative estimate of drug-likeness (QED) is 0.796. The SMILES string of the molecule is Cc1cc(NS(C)(=O)=O)cc(C)c1C=O. The Labute approximate surface area is 89.4 Å². The van der Waals surface area contributed by atoms with E-state index in [0.29, 0.717) is 11.3 Å². The van der Waals surface area contributed by atoms with Gasteiger partial charge >= 0.3 is 0 Å². The Morgan fingerprint density at radius 2 is 1.67 bits per heavy atom. The molecule has 0 atom stereocenters. The molecule has 5 heteroatoms. The Morgan fingerprint density at radius 3 is 2.00 bits per heavy atom. The van der Waals surface area contributed by atoms with E-state index in [1.807, 2.05) is 0 Å². The van der Waals surface area contributed by atoms with Gasteiger partial charge in [0.05, 0.1) is 6.26 Å². The third-order valence-corrected chi connectivity index (χ3v) is 2.62. The van der Waals surface area contributed by atoms with Gasteiger partial charge in [0.1, 0.15) is 0 Å². The molecule has 0 bridgehead atoms. The van der Waals surface area contributed by atoms with E-state index in [4.69, 9.17) is 0 Å². The molecular weight excluding hydrogens is 214 g/mol. The molecule has 0 aromatic heterocycles. The summed E-state index contributed by atoms with van der Waals surface area (Å²) in [6, 6.07) is 3.27. The van der Waals surface area contributed by atoms with Crippen molar-refractivity contribution in [2.75, 3.05) is 11.0 Å². The summed E-state index contributed by atoms with van der Waals surface area (Å²) in [6.45, 7) is 3.54. The van der Waals surface area contributed by atoms with Crippen LogP contribution in [0.1, 0.15) is 21.5 Å². The van der Waals surface area contributed by atoms with Gasteiger partial charge < -0.3 is 0 Å². The van der Waals surface area contributed by atoms with Crippen LogP contribution < -0.4 is 4.72 Å². The number of hydrogen-bond donors (Lipinski definition) is 1. The summed E-state index contributed by atoms with van der Waals surface area (Å²) in [4.78, 5) is 10.7. The lowest BCUT2D eigenvalue weighted by Crippen LogP contribution is -2.10. The van der Waals surface area contributed by atoms with Crippen LogP contribution in [0.25, 0.3) is 0 Å². The van der Waals surface area contributed by atoms with E-state index in [-0.39, 0.29) is 0 Å².